The van der Waals surface area contributed by atoms with Crippen LogP contribution < -0.4 is 4.72 Å². The highest BCUT2D eigenvalue weighted by atomic mass is 32.2. The van der Waals surface area contributed by atoms with Gasteiger partial charge in [-0.15, -0.1) is 0 Å². The Labute approximate surface area is 150 Å². The van der Waals surface area contributed by atoms with E-state index in [1.54, 1.807) is 17.3 Å². The van der Waals surface area contributed by atoms with Crippen LogP contribution in [0.25, 0.3) is 0 Å². The maximum atomic E-state index is 12.2. The van der Waals surface area contributed by atoms with Crippen molar-refractivity contribution in [2.45, 2.75) is 50.1 Å². The van der Waals surface area contributed by atoms with Gasteiger partial charge in [-0.05, 0) is 37.0 Å². The summed E-state index contributed by atoms with van der Waals surface area (Å²) in [5, 5.41) is 3.55. The van der Waals surface area contributed by atoms with Crippen LogP contribution in [0.1, 0.15) is 49.0 Å². The van der Waals surface area contributed by atoms with Crippen molar-refractivity contribution in [1.82, 2.24) is 24.7 Å². The van der Waals surface area contributed by atoms with Crippen LogP contribution >= 0.6 is 0 Å². The minimum atomic E-state index is -3.30. The van der Waals surface area contributed by atoms with Crippen LogP contribution in [-0.4, -0.2) is 39.6 Å². The second-order valence-corrected chi connectivity index (χ2v) is 8.59. The molecule has 1 atom stereocenters. The molecule has 1 aliphatic heterocycles. The van der Waals surface area contributed by atoms with Gasteiger partial charge in [0.15, 0.2) is 5.82 Å². The molecule has 4 rings (SSSR count). The summed E-state index contributed by atoms with van der Waals surface area (Å²) in [4.78, 5) is 22.2. The van der Waals surface area contributed by atoms with Crippen molar-refractivity contribution in [2.75, 3.05) is 0 Å². The molecule has 26 heavy (non-hydrogen) atoms. The Kier molecular flexibility index (Phi) is 4.45. The number of amides is 1. The lowest BCUT2D eigenvalue weighted by molar-refractivity contribution is -0.130. The lowest BCUT2D eigenvalue weighted by Crippen LogP contribution is -2.28. The molecule has 1 N–H and O–H groups in total. The fourth-order valence-corrected chi connectivity index (χ4v) is 4.33. The molecule has 9 nitrogen and oxygen atoms in total. The first-order valence-electron chi connectivity index (χ1n) is 8.52. The molecule has 0 aromatic carbocycles. The summed E-state index contributed by atoms with van der Waals surface area (Å²) < 4.78 is 31.5. The Morgan fingerprint density at radius 2 is 2.00 bits per heavy atom. The molecular weight excluding hydrogens is 358 g/mol. The number of carbonyl (C=O) groups is 1. The molecule has 2 aliphatic rings. The summed E-state index contributed by atoms with van der Waals surface area (Å²) in [6, 6.07) is 3.42. The Bertz CT molecular complexity index is 894. The lowest BCUT2D eigenvalue weighted by atomic mass is 10.2. The molecule has 10 heteroatoms. The SMILES string of the molecule is O=C1CC[C@@H](c2nc(CNS(=O)(=O)C3CC3)no2)N1Cc1ccncc1. The van der Waals surface area contributed by atoms with E-state index in [4.69, 9.17) is 4.52 Å². The van der Waals surface area contributed by atoms with E-state index in [1.807, 2.05) is 12.1 Å². The van der Waals surface area contributed by atoms with Gasteiger partial charge in [0.1, 0.15) is 6.04 Å². The molecule has 138 valence electrons. The molecular formula is C16H19N5O4S. The summed E-state index contributed by atoms with van der Waals surface area (Å²) in [5.41, 5.74) is 0.970. The predicted octanol–water partition coefficient (Wildman–Crippen LogP) is 0.910. The van der Waals surface area contributed by atoms with E-state index in [9.17, 15) is 13.2 Å². The fourth-order valence-electron chi connectivity index (χ4n) is 3.01. The van der Waals surface area contributed by atoms with Gasteiger partial charge in [-0.25, -0.2) is 13.1 Å². The maximum absolute atomic E-state index is 12.2. The van der Waals surface area contributed by atoms with Gasteiger partial charge in [-0.1, -0.05) is 5.16 Å². The highest BCUT2D eigenvalue weighted by Crippen LogP contribution is 2.33. The van der Waals surface area contributed by atoms with Gasteiger partial charge in [0.2, 0.25) is 21.8 Å². The monoisotopic (exact) mass is 377 g/mol. The van der Waals surface area contributed by atoms with E-state index < -0.39 is 10.0 Å². The number of rotatable bonds is 7. The molecule has 1 aliphatic carbocycles. The third-order valence-corrected chi connectivity index (χ3v) is 6.49. The second kappa shape index (κ2) is 6.76. The maximum Gasteiger partial charge on any atom is 0.249 e. The van der Waals surface area contributed by atoms with Crippen LogP contribution in [0.4, 0.5) is 0 Å². The van der Waals surface area contributed by atoms with E-state index in [0.29, 0.717) is 38.1 Å². The van der Waals surface area contributed by atoms with E-state index in [1.165, 1.54) is 0 Å². The highest BCUT2D eigenvalue weighted by Gasteiger charge is 2.37. The zero-order valence-corrected chi connectivity index (χ0v) is 14.9. The third-order valence-electron chi connectivity index (χ3n) is 4.59. The zero-order chi connectivity index (χ0) is 18.1. The molecule has 2 fully saturated rings. The van der Waals surface area contributed by atoms with Crippen molar-refractivity contribution in [2.24, 2.45) is 0 Å². The van der Waals surface area contributed by atoms with Crippen LogP contribution in [0.2, 0.25) is 0 Å². The molecule has 2 aromatic heterocycles. The summed E-state index contributed by atoms with van der Waals surface area (Å²) in [6.07, 6.45) is 5.77. The first-order valence-corrected chi connectivity index (χ1v) is 10.1. The minimum absolute atomic E-state index is 0.00659. The van der Waals surface area contributed by atoms with E-state index >= 15 is 0 Å². The van der Waals surface area contributed by atoms with Gasteiger partial charge in [-0.2, -0.15) is 4.98 Å². The van der Waals surface area contributed by atoms with Crippen molar-refractivity contribution >= 4 is 15.9 Å². The number of likely N-dealkylation sites (tertiary alicyclic amines) is 1. The van der Waals surface area contributed by atoms with Crippen molar-refractivity contribution in [3.8, 4) is 0 Å². The average molecular weight is 377 g/mol. The smallest absolute Gasteiger partial charge is 0.249 e. The molecule has 3 heterocycles. The molecule has 0 unspecified atom stereocenters. The van der Waals surface area contributed by atoms with E-state index in [0.717, 1.165) is 5.56 Å². The Morgan fingerprint density at radius 1 is 1.23 bits per heavy atom. The highest BCUT2D eigenvalue weighted by molar-refractivity contribution is 7.90. The molecule has 2 aromatic rings. The number of nitrogens with one attached hydrogen (secondary N) is 1. The number of hydrogen-bond acceptors (Lipinski definition) is 7. The Hall–Kier alpha value is -2.33. The van der Waals surface area contributed by atoms with Crippen molar-refractivity contribution in [1.29, 1.82) is 0 Å². The van der Waals surface area contributed by atoms with Crippen LogP contribution in [0.3, 0.4) is 0 Å². The lowest BCUT2D eigenvalue weighted by Gasteiger charge is -2.21. The quantitative estimate of drug-likeness (QED) is 0.762. The normalized spacial score (nSPS) is 20.7. The predicted molar refractivity (Wildman–Crippen MR) is 89.8 cm³/mol. The van der Waals surface area contributed by atoms with Gasteiger partial charge in [-0.3, -0.25) is 9.78 Å². The average Bonchev–Trinajstić information content (AvgIpc) is 3.31. The molecule has 1 saturated heterocycles. The Morgan fingerprint density at radius 3 is 2.73 bits per heavy atom. The van der Waals surface area contributed by atoms with Gasteiger partial charge >= 0.3 is 0 Å². The number of sulfonamides is 1. The number of pyridine rings is 1. The van der Waals surface area contributed by atoms with E-state index in [-0.39, 0.29) is 29.6 Å². The summed E-state index contributed by atoms with van der Waals surface area (Å²) in [6.45, 7) is 0.436. The fraction of sp³-hybridized carbons (Fsp3) is 0.500. The zero-order valence-electron chi connectivity index (χ0n) is 14.0. The van der Waals surface area contributed by atoms with Crippen LogP contribution in [0, 0.1) is 0 Å². The number of nitrogens with zero attached hydrogens (tertiary/aromatic N) is 4. The topological polar surface area (TPSA) is 118 Å². The summed E-state index contributed by atoms with van der Waals surface area (Å²) in [5.74, 6) is 0.638. The summed E-state index contributed by atoms with van der Waals surface area (Å²) >= 11 is 0. The first-order chi connectivity index (χ1) is 12.5. The summed E-state index contributed by atoms with van der Waals surface area (Å²) in [7, 11) is -3.30. The van der Waals surface area contributed by atoms with E-state index in [2.05, 4.69) is 19.8 Å². The van der Waals surface area contributed by atoms with Crippen molar-refractivity contribution in [3.63, 3.8) is 0 Å². The molecule has 0 radical (unpaired) electrons. The van der Waals surface area contributed by atoms with Gasteiger partial charge in [0.25, 0.3) is 0 Å². The van der Waals surface area contributed by atoms with Crippen molar-refractivity contribution < 1.29 is 17.7 Å². The minimum Gasteiger partial charge on any atom is -0.337 e. The third kappa shape index (κ3) is 3.61. The van der Waals surface area contributed by atoms with Crippen molar-refractivity contribution in [3.05, 3.63) is 41.8 Å². The van der Waals surface area contributed by atoms with Crippen LogP contribution in [0.5, 0.6) is 0 Å². The second-order valence-electron chi connectivity index (χ2n) is 6.55. The van der Waals surface area contributed by atoms with Gasteiger partial charge in [0, 0.05) is 25.4 Å². The number of hydrogen-bond donors (Lipinski definition) is 1. The molecule has 0 bridgehead atoms. The number of aromatic nitrogens is 3. The standard InChI is InChI=1S/C16H19N5O4S/c22-15-4-3-13(21(15)10-11-5-7-17-8-6-11)16-19-14(20-25-16)9-18-26(23,24)12-1-2-12/h5-8,12-13,18H,1-4,9-10H2/t13-/m0/s1. The Balaban J connectivity index is 1.44. The number of carbonyl (C=O) groups excluding carboxylic acids is 1. The first kappa shape index (κ1) is 17.1. The van der Waals surface area contributed by atoms with Crippen LogP contribution in [-0.2, 0) is 27.9 Å². The molecule has 1 saturated carbocycles. The van der Waals surface area contributed by atoms with Gasteiger partial charge < -0.3 is 9.42 Å². The van der Waals surface area contributed by atoms with Crippen LogP contribution in [0.15, 0.2) is 29.0 Å². The van der Waals surface area contributed by atoms with Gasteiger partial charge in [0.05, 0.1) is 11.8 Å². The molecule has 1 amide bonds. The largest absolute Gasteiger partial charge is 0.337 e. The molecule has 0 spiro atoms.